The maximum atomic E-state index is 12.2. The number of hydrogen-bond donors (Lipinski definition) is 1. The molecule has 7 heteroatoms. The third-order valence-corrected chi connectivity index (χ3v) is 2.72. The highest BCUT2D eigenvalue weighted by atomic mass is 19.4. The Bertz CT molecular complexity index is 335. The van der Waals surface area contributed by atoms with Crippen molar-refractivity contribution in [3.05, 3.63) is 11.6 Å². The van der Waals surface area contributed by atoms with E-state index in [2.05, 4.69) is 5.32 Å². The normalized spacial score (nSPS) is 19.3. The molecule has 1 fully saturated rings. The molecule has 18 heavy (non-hydrogen) atoms. The summed E-state index contributed by atoms with van der Waals surface area (Å²) in [5.74, 6) is -0.760. The molecule has 0 spiro atoms. The Morgan fingerprint density at radius 2 is 2.11 bits per heavy atom. The van der Waals surface area contributed by atoms with Crippen LogP contribution in [0, 0.1) is 0 Å². The number of halogens is 3. The SMILES string of the molecule is COCCC1(NC(=O)C=C(C)C(F)(F)F)COC1. The van der Waals surface area contributed by atoms with E-state index in [1.807, 2.05) is 0 Å². The van der Waals surface area contributed by atoms with Crippen LogP contribution in [-0.4, -0.2) is 44.6 Å². The van der Waals surface area contributed by atoms with Crippen molar-refractivity contribution < 1.29 is 27.4 Å². The average molecular weight is 267 g/mol. The highest BCUT2D eigenvalue weighted by Crippen LogP contribution is 2.25. The molecule has 1 heterocycles. The number of carbonyl (C=O) groups is 1. The lowest BCUT2D eigenvalue weighted by molar-refractivity contribution is -0.131. The van der Waals surface area contributed by atoms with Crippen LogP contribution in [0.1, 0.15) is 13.3 Å². The number of ether oxygens (including phenoxy) is 2. The molecule has 0 radical (unpaired) electrons. The van der Waals surface area contributed by atoms with Gasteiger partial charge in [0.15, 0.2) is 0 Å². The van der Waals surface area contributed by atoms with Gasteiger partial charge in [0.1, 0.15) is 0 Å². The largest absolute Gasteiger partial charge is 0.412 e. The summed E-state index contributed by atoms with van der Waals surface area (Å²) in [6.07, 6.45) is -3.41. The van der Waals surface area contributed by atoms with Crippen molar-refractivity contribution in [2.45, 2.75) is 25.1 Å². The molecule has 0 aromatic rings. The van der Waals surface area contributed by atoms with Crippen molar-refractivity contribution in [2.24, 2.45) is 0 Å². The zero-order chi connectivity index (χ0) is 13.8. The van der Waals surface area contributed by atoms with Gasteiger partial charge in [0.25, 0.3) is 0 Å². The summed E-state index contributed by atoms with van der Waals surface area (Å²) in [5.41, 5.74) is -1.53. The summed E-state index contributed by atoms with van der Waals surface area (Å²) >= 11 is 0. The highest BCUT2D eigenvalue weighted by Gasteiger charge is 2.39. The molecule has 104 valence electrons. The minimum Gasteiger partial charge on any atom is -0.385 e. The van der Waals surface area contributed by atoms with Gasteiger partial charge in [-0.25, -0.2) is 0 Å². The van der Waals surface area contributed by atoms with Crippen LogP contribution < -0.4 is 5.32 Å². The Balaban J connectivity index is 2.58. The van der Waals surface area contributed by atoms with Crippen LogP contribution in [0.2, 0.25) is 0 Å². The van der Waals surface area contributed by atoms with E-state index in [1.165, 1.54) is 7.11 Å². The number of rotatable bonds is 5. The van der Waals surface area contributed by atoms with Gasteiger partial charge in [0.2, 0.25) is 5.91 Å². The number of alkyl halides is 3. The molecule has 0 aliphatic carbocycles. The Hall–Kier alpha value is -1.08. The van der Waals surface area contributed by atoms with Crippen molar-refractivity contribution >= 4 is 5.91 Å². The molecule has 0 aromatic heterocycles. The lowest BCUT2D eigenvalue weighted by Gasteiger charge is -2.41. The summed E-state index contributed by atoms with van der Waals surface area (Å²) in [4.78, 5) is 11.5. The summed E-state index contributed by atoms with van der Waals surface area (Å²) in [6, 6.07) is 0. The molecule has 0 aromatic carbocycles. The van der Waals surface area contributed by atoms with Gasteiger partial charge < -0.3 is 14.8 Å². The van der Waals surface area contributed by atoms with Crippen LogP contribution >= 0.6 is 0 Å². The summed E-state index contributed by atoms with van der Waals surface area (Å²) in [7, 11) is 1.52. The predicted octanol–water partition coefficient (Wildman–Crippen LogP) is 1.42. The summed E-state index contributed by atoms with van der Waals surface area (Å²) in [5, 5.41) is 2.55. The maximum Gasteiger partial charge on any atom is 0.412 e. The Kier molecular flexibility index (Phi) is 4.75. The molecule has 1 N–H and O–H groups in total. The predicted molar refractivity (Wildman–Crippen MR) is 58.0 cm³/mol. The lowest BCUT2D eigenvalue weighted by Crippen LogP contribution is -2.62. The van der Waals surface area contributed by atoms with Crippen molar-refractivity contribution in [3.63, 3.8) is 0 Å². The molecule has 1 saturated heterocycles. The van der Waals surface area contributed by atoms with Crippen LogP contribution in [0.3, 0.4) is 0 Å². The average Bonchev–Trinajstić information content (AvgIpc) is 2.20. The number of amides is 1. The summed E-state index contributed by atoms with van der Waals surface area (Å²) < 4.78 is 46.6. The molecule has 0 atom stereocenters. The van der Waals surface area contributed by atoms with Gasteiger partial charge in [-0.2, -0.15) is 13.2 Å². The van der Waals surface area contributed by atoms with E-state index >= 15 is 0 Å². The molecule has 0 saturated carbocycles. The van der Waals surface area contributed by atoms with Gasteiger partial charge in [0.05, 0.1) is 18.8 Å². The van der Waals surface area contributed by atoms with Crippen LogP contribution in [-0.2, 0) is 14.3 Å². The van der Waals surface area contributed by atoms with E-state index in [9.17, 15) is 18.0 Å². The van der Waals surface area contributed by atoms with Crippen LogP contribution in [0.25, 0.3) is 0 Å². The van der Waals surface area contributed by atoms with Gasteiger partial charge >= 0.3 is 6.18 Å². The molecule has 0 bridgehead atoms. The minimum atomic E-state index is -4.48. The maximum absolute atomic E-state index is 12.2. The molecule has 1 amide bonds. The Labute approximate surface area is 103 Å². The zero-order valence-electron chi connectivity index (χ0n) is 10.3. The lowest BCUT2D eigenvalue weighted by atomic mass is 9.93. The Morgan fingerprint density at radius 3 is 2.50 bits per heavy atom. The highest BCUT2D eigenvalue weighted by molar-refractivity contribution is 5.89. The van der Waals surface area contributed by atoms with E-state index in [-0.39, 0.29) is 0 Å². The molecule has 1 aliphatic rings. The van der Waals surface area contributed by atoms with Gasteiger partial charge in [0, 0.05) is 25.4 Å². The van der Waals surface area contributed by atoms with E-state index in [0.717, 1.165) is 6.92 Å². The monoisotopic (exact) mass is 267 g/mol. The first-order valence-electron chi connectivity index (χ1n) is 5.43. The molecule has 1 aliphatic heterocycles. The fourth-order valence-electron chi connectivity index (χ4n) is 1.50. The molecule has 0 unspecified atom stereocenters. The van der Waals surface area contributed by atoms with Crippen LogP contribution in [0.15, 0.2) is 11.6 Å². The first-order chi connectivity index (χ1) is 8.29. The first-order valence-corrected chi connectivity index (χ1v) is 5.43. The van der Waals surface area contributed by atoms with Gasteiger partial charge in [-0.15, -0.1) is 0 Å². The number of allylic oxidation sites excluding steroid dienone is 1. The van der Waals surface area contributed by atoms with Gasteiger partial charge in [-0.3, -0.25) is 4.79 Å². The quantitative estimate of drug-likeness (QED) is 0.766. The molecule has 1 rings (SSSR count). The van der Waals surface area contributed by atoms with E-state index in [0.29, 0.717) is 32.3 Å². The molecule has 4 nitrogen and oxygen atoms in total. The van der Waals surface area contributed by atoms with Gasteiger partial charge in [-0.05, 0) is 13.3 Å². The van der Waals surface area contributed by atoms with Crippen LogP contribution in [0.4, 0.5) is 13.2 Å². The van der Waals surface area contributed by atoms with Crippen molar-refractivity contribution in [3.8, 4) is 0 Å². The second kappa shape index (κ2) is 5.71. The molecular formula is C11H16F3NO3. The van der Waals surface area contributed by atoms with Crippen molar-refractivity contribution in [1.82, 2.24) is 5.32 Å². The summed E-state index contributed by atoms with van der Waals surface area (Å²) in [6.45, 7) is 1.85. The molecular weight excluding hydrogens is 251 g/mol. The topological polar surface area (TPSA) is 47.6 Å². The van der Waals surface area contributed by atoms with E-state index < -0.39 is 23.2 Å². The number of methoxy groups -OCH3 is 1. The Morgan fingerprint density at radius 1 is 1.50 bits per heavy atom. The van der Waals surface area contributed by atoms with E-state index in [4.69, 9.17) is 9.47 Å². The van der Waals surface area contributed by atoms with Gasteiger partial charge in [-0.1, -0.05) is 0 Å². The second-order valence-corrected chi connectivity index (χ2v) is 4.33. The smallest absolute Gasteiger partial charge is 0.385 e. The minimum absolute atomic E-state index is 0.293. The third kappa shape index (κ3) is 3.99. The van der Waals surface area contributed by atoms with Crippen molar-refractivity contribution in [1.29, 1.82) is 0 Å². The van der Waals surface area contributed by atoms with Crippen molar-refractivity contribution in [2.75, 3.05) is 26.9 Å². The van der Waals surface area contributed by atoms with E-state index in [1.54, 1.807) is 0 Å². The fourth-order valence-corrected chi connectivity index (χ4v) is 1.50. The first kappa shape index (κ1) is 15.0. The third-order valence-electron chi connectivity index (χ3n) is 2.72. The number of hydrogen-bond acceptors (Lipinski definition) is 3. The number of carbonyl (C=O) groups excluding carboxylic acids is 1. The van der Waals surface area contributed by atoms with Crippen LogP contribution in [0.5, 0.6) is 0 Å². The standard InChI is InChI=1S/C11H16F3NO3/c1-8(11(12,13)14)5-9(16)15-10(3-4-17-2)6-18-7-10/h5H,3-4,6-7H2,1-2H3,(H,15,16). The fraction of sp³-hybridized carbons (Fsp3) is 0.727. The zero-order valence-corrected chi connectivity index (χ0v) is 10.3. The number of nitrogens with one attached hydrogen (secondary N) is 1. The second-order valence-electron chi connectivity index (χ2n) is 4.33.